The van der Waals surface area contributed by atoms with Gasteiger partial charge in [0.1, 0.15) is 24.4 Å². The molecule has 7 heteroatoms. The van der Waals surface area contributed by atoms with E-state index < -0.39 is 41.8 Å². The highest BCUT2D eigenvalue weighted by Crippen LogP contribution is 2.49. The summed E-state index contributed by atoms with van der Waals surface area (Å²) in [4.78, 5) is 35.9. The summed E-state index contributed by atoms with van der Waals surface area (Å²) in [5, 5.41) is 0. The number of carbonyl (C=O) groups is 3. The lowest BCUT2D eigenvalue weighted by Gasteiger charge is -2.27. The second-order valence-corrected chi connectivity index (χ2v) is 9.08. The summed E-state index contributed by atoms with van der Waals surface area (Å²) in [5.41, 5.74) is 1.87. The molecule has 0 spiro atoms. The van der Waals surface area contributed by atoms with Gasteiger partial charge in [0.25, 0.3) is 0 Å². The maximum absolute atomic E-state index is 12.4. The van der Waals surface area contributed by atoms with Crippen LogP contribution in [-0.4, -0.2) is 47.9 Å². The molecular weight excluding hydrogens is 400 g/mol. The number of fused-ring (bicyclic) bond motifs is 3. The largest absolute Gasteiger partial charge is 0.461 e. The maximum Gasteiger partial charge on any atom is 0.334 e. The van der Waals surface area contributed by atoms with E-state index in [1.165, 1.54) is 13.8 Å². The molecule has 0 aromatic rings. The molecule has 0 bridgehead atoms. The number of epoxide rings is 1. The molecule has 31 heavy (non-hydrogen) atoms. The zero-order chi connectivity index (χ0) is 22.9. The van der Waals surface area contributed by atoms with Crippen LogP contribution in [0.25, 0.3) is 0 Å². The number of ether oxygens (including phenoxy) is 4. The minimum atomic E-state index is -0.635. The van der Waals surface area contributed by atoms with Gasteiger partial charge >= 0.3 is 17.9 Å². The van der Waals surface area contributed by atoms with E-state index in [0.29, 0.717) is 18.4 Å². The fourth-order valence-electron chi connectivity index (χ4n) is 4.68. The fourth-order valence-corrected chi connectivity index (χ4v) is 4.68. The topological polar surface area (TPSA) is 91.4 Å². The van der Waals surface area contributed by atoms with Gasteiger partial charge in [-0.3, -0.25) is 9.59 Å². The van der Waals surface area contributed by atoms with E-state index in [2.05, 4.69) is 12.7 Å². The molecule has 2 aliphatic heterocycles. The molecule has 0 aromatic heterocycles. The van der Waals surface area contributed by atoms with Gasteiger partial charge in [-0.2, -0.15) is 0 Å². The number of hydrogen-bond acceptors (Lipinski definition) is 7. The zero-order valence-electron chi connectivity index (χ0n) is 18.9. The van der Waals surface area contributed by atoms with Gasteiger partial charge in [0.05, 0.1) is 11.5 Å². The minimum Gasteiger partial charge on any atom is -0.461 e. The highest BCUT2D eigenvalue weighted by molar-refractivity contribution is 5.91. The summed E-state index contributed by atoms with van der Waals surface area (Å²) in [7, 11) is 0. The molecule has 0 radical (unpaired) electrons. The van der Waals surface area contributed by atoms with Gasteiger partial charge in [0, 0.05) is 32.3 Å². The number of carbonyl (C=O) groups excluding carboxylic acids is 3. The van der Waals surface area contributed by atoms with Gasteiger partial charge in [-0.15, -0.1) is 0 Å². The van der Waals surface area contributed by atoms with Crippen LogP contribution >= 0.6 is 0 Å². The van der Waals surface area contributed by atoms with Crippen LogP contribution in [-0.2, 0) is 33.3 Å². The van der Waals surface area contributed by atoms with Gasteiger partial charge < -0.3 is 18.9 Å². The molecule has 1 aliphatic carbocycles. The van der Waals surface area contributed by atoms with E-state index in [4.69, 9.17) is 18.9 Å². The molecule has 7 nitrogen and oxygen atoms in total. The van der Waals surface area contributed by atoms with E-state index in [1.54, 1.807) is 0 Å². The van der Waals surface area contributed by atoms with E-state index in [9.17, 15) is 14.4 Å². The molecule has 2 saturated heterocycles. The van der Waals surface area contributed by atoms with Crippen LogP contribution in [0.5, 0.6) is 0 Å². The summed E-state index contributed by atoms with van der Waals surface area (Å²) in [6.07, 6.45) is 4.62. The van der Waals surface area contributed by atoms with Gasteiger partial charge in [0.15, 0.2) is 0 Å². The molecule has 6 atom stereocenters. The maximum atomic E-state index is 12.4. The number of esters is 3. The Kier molecular flexibility index (Phi) is 6.74. The van der Waals surface area contributed by atoms with Crippen LogP contribution in [0.15, 0.2) is 35.5 Å². The Hall–Kier alpha value is -2.41. The van der Waals surface area contributed by atoms with Crippen LogP contribution in [0.4, 0.5) is 0 Å². The highest BCUT2D eigenvalue weighted by Gasteiger charge is 2.63. The Morgan fingerprint density at radius 1 is 1.13 bits per heavy atom. The Morgan fingerprint density at radius 3 is 2.45 bits per heavy atom. The summed E-state index contributed by atoms with van der Waals surface area (Å²) in [5.74, 6) is -1.78. The Labute approximate surface area is 183 Å². The van der Waals surface area contributed by atoms with E-state index in [0.717, 1.165) is 24.0 Å². The summed E-state index contributed by atoms with van der Waals surface area (Å²) in [6.45, 7) is 12.6. The molecular formula is C24H32O7. The lowest BCUT2D eigenvalue weighted by Crippen LogP contribution is -2.38. The molecule has 2 heterocycles. The molecule has 0 aromatic carbocycles. The first-order valence-electron chi connectivity index (χ1n) is 10.7. The first-order valence-corrected chi connectivity index (χ1v) is 10.7. The van der Waals surface area contributed by atoms with Crippen LogP contribution in [0, 0.1) is 5.92 Å². The summed E-state index contributed by atoms with van der Waals surface area (Å²) >= 11 is 0. The van der Waals surface area contributed by atoms with Crippen LogP contribution in [0.3, 0.4) is 0 Å². The average molecular weight is 433 g/mol. The SMILES string of the molecule is C=C1C(=O)O[C@@H]2[C@H]1[C@@H](OC(C)=O)C/C(C)=C/[C@@H](OC(C)=O)C/C(C)=C/CC[C@@]1(C)O[C@H]21. The Morgan fingerprint density at radius 2 is 1.81 bits per heavy atom. The second kappa shape index (κ2) is 8.99. The third-order valence-electron chi connectivity index (χ3n) is 6.19. The van der Waals surface area contributed by atoms with Gasteiger partial charge in [0.2, 0.25) is 0 Å². The second-order valence-electron chi connectivity index (χ2n) is 9.08. The predicted octanol–water partition coefficient (Wildman–Crippen LogP) is 3.57. The van der Waals surface area contributed by atoms with Crippen molar-refractivity contribution in [2.24, 2.45) is 5.92 Å². The quantitative estimate of drug-likeness (QED) is 0.217. The van der Waals surface area contributed by atoms with Crippen molar-refractivity contribution in [2.75, 3.05) is 0 Å². The van der Waals surface area contributed by atoms with Gasteiger partial charge in [-0.25, -0.2) is 4.79 Å². The molecule has 3 aliphatic rings. The smallest absolute Gasteiger partial charge is 0.334 e. The van der Waals surface area contributed by atoms with Crippen molar-refractivity contribution in [3.63, 3.8) is 0 Å². The molecule has 170 valence electrons. The van der Waals surface area contributed by atoms with E-state index in [-0.39, 0.29) is 12.1 Å². The molecule has 0 unspecified atom stereocenters. The zero-order valence-corrected chi connectivity index (χ0v) is 18.9. The average Bonchev–Trinajstić information content (AvgIpc) is 3.20. The normalized spacial score (nSPS) is 39.5. The molecule has 0 amide bonds. The van der Waals surface area contributed by atoms with Crippen LogP contribution in [0.2, 0.25) is 0 Å². The lowest BCUT2D eigenvalue weighted by molar-refractivity contribution is -0.150. The standard InChI is InChI=1S/C24H32O7/c1-13-8-7-9-24(6)22(31-24)21-20(15(3)23(27)30-21)19(29-17(5)26)12-14(2)11-18(10-13)28-16(4)25/h8,11,18-22H,3,7,9-10,12H2,1-2,4-6H3/b13-8+,14-11+/t18-,19-,20+,21+,22+,24+/m0/s1. The van der Waals surface area contributed by atoms with E-state index >= 15 is 0 Å². The van der Waals surface area contributed by atoms with Crippen molar-refractivity contribution in [3.8, 4) is 0 Å². The van der Waals surface area contributed by atoms with E-state index in [1.807, 2.05) is 26.8 Å². The molecule has 2 fully saturated rings. The summed E-state index contributed by atoms with van der Waals surface area (Å²) in [6, 6.07) is 0. The highest BCUT2D eigenvalue weighted by atomic mass is 16.6. The fraction of sp³-hybridized carbons (Fsp3) is 0.625. The Balaban J connectivity index is 1.98. The lowest BCUT2D eigenvalue weighted by atomic mass is 9.83. The van der Waals surface area contributed by atoms with Crippen LogP contribution < -0.4 is 0 Å². The van der Waals surface area contributed by atoms with Gasteiger partial charge in [-0.1, -0.05) is 23.8 Å². The van der Waals surface area contributed by atoms with Crippen molar-refractivity contribution in [3.05, 3.63) is 35.5 Å². The number of rotatable bonds is 2. The van der Waals surface area contributed by atoms with Crippen LogP contribution in [0.1, 0.15) is 60.3 Å². The molecule has 0 saturated carbocycles. The summed E-state index contributed by atoms with van der Waals surface area (Å²) < 4.78 is 22.8. The third-order valence-corrected chi connectivity index (χ3v) is 6.19. The van der Waals surface area contributed by atoms with Crippen molar-refractivity contribution >= 4 is 17.9 Å². The number of hydrogen-bond donors (Lipinski definition) is 0. The monoisotopic (exact) mass is 432 g/mol. The Bertz CT molecular complexity index is 839. The minimum absolute atomic E-state index is 0.270. The van der Waals surface area contributed by atoms with Crippen molar-refractivity contribution in [2.45, 2.75) is 90.3 Å². The molecule has 0 N–H and O–H groups in total. The predicted molar refractivity (Wildman–Crippen MR) is 113 cm³/mol. The molecule has 3 rings (SSSR count). The van der Waals surface area contributed by atoms with Gasteiger partial charge in [-0.05, 0) is 39.7 Å². The van der Waals surface area contributed by atoms with Crippen molar-refractivity contribution < 1.29 is 33.3 Å². The first-order chi connectivity index (χ1) is 14.5. The van der Waals surface area contributed by atoms with Crippen molar-refractivity contribution in [1.82, 2.24) is 0 Å². The van der Waals surface area contributed by atoms with Crippen molar-refractivity contribution in [1.29, 1.82) is 0 Å². The third kappa shape index (κ3) is 5.45. The number of allylic oxidation sites excluding steroid dienone is 1. The first kappa shape index (κ1) is 23.3.